The first-order chi connectivity index (χ1) is 5.73. The summed E-state index contributed by atoms with van der Waals surface area (Å²) in [4.78, 5) is 0. The third-order valence-electron chi connectivity index (χ3n) is 3.78. The lowest BCUT2D eigenvalue weighted by Gasteiger charge is -2.42. The first-order valence-electron chi connectivity index (χ1n) is 5.22. The highest BCUT2D eigenvalue weighted by Gasteiger charge is 2.35. The normalized spacial score (nSPS) is 23.2. The molecule has 1 saturated carbocycles. The van der Waals surface area contributed by atoms with Gasteiger partial charge in [0.15, 0.2) is 0 Å². The highest BCUT2D eigenvalue weighted by Crippen LogP contribution is 2.46. The molecule has 1 aliphatic carbocycles. The number of ether oxygens (including phenoxy) is 1. The Morgan fingerprint density at radius 3 is 2.42 bits per heavy atom. The smallest absolute Gasteiger partial charge is 0.0467 e. The average molecular weight is 170 g/mol. The molecule has 0 saturated heterocycles. The summed E-state index contributed by atoms with van der Waals surface area (Å²) in [5.41, 5.74) is 0.564. The van der Waals surface area contributed by atoms with Crippen LogP contribution in [0.3, 0.4) is 0 Å². The second-order valence-electron chi connectivity index (χ2n) is 4.38. The minimum Gasteiger partial charge on any atom is -0.385 e. The van der Waals surface area contributed by atoms with E-state index in [0.717, 1.165) is 12.5 Å². The molecule has 1 atom stereocenters. The largest absolute Gasteiger partial charge is 0.385 e. The fraction of sp³-hybridized carbons (Fsp3) is 1.00. The van der Waals surface area contributed by atoms with Crippen molar-refractivity contribution < 1.29 is 4.74 Å². The van der Waals surface area contributed by atoms with E-state index in [0.29, 0.717) is 5.41 Å². The van der Waals surface area contributed by atoms with Gasteiger partial charge in [-0.05, 0) is 30.6 Å². The summed E-state index contributed by atoms with van der Waals surface area (Å²) in [7, 11) is 1.80. The van der Waals surface area contributed by atoms with Crippen molar-refractivity contribution in [2.75, 3.05) is 13.7 Å². The van der Waals surface area contributed by atoms with Gasteiger partial charge in [-0.1, -0.05) is 26.7 Å². The van der Waals surface area contributed by atoms with E-state index >= 15 is 0 Å². The first-order valence-corrected chi connectivity index (χ1v) is 5.22. The second-order valence-corrected chi connectivity index (χ2v) is 4.38. The lowest BCUT2D eigenvalue weighted by Crippen LogP contribution is -2.32. The van der Waals surface area contributed by atoms with Gasteiger partial charge in [0.1, 0.15) is 0 Å². The Kier molecular flexibility index (Phi) is 3.57. The van der Waals surface area contributed by atoms with Gasteiger partial charge in [-0.3, -0.25) is 0 Å². The van der Waals surface area contributed by atoms with Crippen LogP contribution in [0.15, 0.2) is 0 Å². The van der Waals surface area contributed by atoms with Crippen LogP contribution in [-0.4, -0.2) is 13.7 Å². The Hall–Kier alpha value is -0.0400. The van der Waals surface area contributed by atoms with Crippen LogP contribution in [-0.2, 0) is 4.74 Å². The van der Waals surface area contributed by atoms with E-state index in [1.165, 1.54) is 32.1 Å². The van der Waals surface area contributed by atoms with Gasteiger partial charge in [0.25, 0.3) is 0 Å². The molecule has 0 aromatic heterocycles. The number of hydrogen-bond donors (Lipinski definition) is 0. The Balaban J connectivity index is 2.37. The van der Waals surface area contributed by atoms with E-state index in [4.69, 9.17) is 4.74 Å². The number of hydrogen-bond acceptors (Lipinski definition) is 1. The third kappa shape index (κ3) is 2.01. The van der Waals surface area contributed by atoms with Crippen LogP contribution < -0.4 is 0 Å². The van der Waals surface area contributed by atoms with E-state index < -0.39 is 0 Å². The minimum absolute atomic E-state index is 0.564. The van der Waals surface area contributed by atoms with Crippen molar-refractivity contribution in [2.24, 2.45) is 11.3 Å². The molecule has 0 N–H and O–H groups in total. The van der Waals surface area contributed by atoms with Crippen molar-refractivity contribution in [1.29, 1.82) is 0 Å². The van der Waals surface area contributed by atoms with Crippen molar-refractivity contribution in [3.8, 4) is 0 Å². The third-order valence-corrected chi connectivity index (χ3v) is 3.78. The summed E-state index contributed by atoms with van der Waals surface area (Å²) in [5, 5.41) is 0. The predicted molar refractivity (Wildman–Crippen MR) is 52.2 cm³/mol. The van der Waals surface area contributed by atoms with Crippen LogP contribution >= 0.6 is 0 Å². The number of methoxy groups -OCH3 is 1. The van der Waals surface area contributed by atoms with Gasteiger partial charge in [0.05, 0.1) is 0 Å². The molecule has 0 heterocycles. The summed E-state index contributed by atoms with van der Waals surface area (Å²) in [6.07, 6.45) is 6.90. The monoisotopic (exact) mass is 170 g/mol. The van der Waals surface area contributed by atoms with Crippen molar-refractivity contribution in [3.05, 3.63) is 0 Å². The summed E-state index contributed by atoms with van der Waals surface area (Å²) in [6.45, 7) is 5.67. The topological polar surface area (TPSA) is 9.23 Å². The highest BCUT2D eigenvalue weighted by atomic mass is 16.5. The average Bonchev–Trinajstić information content (AvgIpc) is 1.98. The first kappa shape index (κ1) is 10.0. The summed E-state index contributed by atoms with van der Waals surface area (Å²) in [6, 6.07) is 0. The standard InChI is InChI=1S/C11H22O/c1-4-11(2,8-9-12-3)10-6-5-7-10/h10H,4-9H2,1-3H3. The zero-order valence-corrected chi connectivity index (χ0v) is 8.73. The molecule has 1 nitrogen and oxygen atoms in total. The maximum atomic E-state index is 5.16. The molecule has 0 amide bonds. The van der Waals surface area contributed by atoms with E-state index in [9.17, 15) is 0 Å². The van der Waals surface area contributed by atoms with E-state index in [-0.39, 0.29) is 0 Å². The van der Waals surface area contributed by atoms with E-state index in [2.05, 4.69) is 13.8 Å². The molecule has 1 heteroatoms. The Morgan fingerprint density at radius 1 is 1.42 bits per heavy atom. The summed E-state index contributed by atoms with van der Waals surface area (Å²) in [5.74, 6) is 0.984. The van der Waals surface area contributed by atoms with Gasteiger partial charge in [0, 0.05) is 13.7 Å². The van der Waals surface area contributed by atoms with Crippen molar-refractivity contribution in [3.63, 3.8) is 0 Å². The SMILES string of the molecule is CCC(C)(CCOC)C1CCC1. The van der Waals surface area contributed by atoms with Gasteiger partial charge in [-0.25, -0.2) is 0 Å². The fourth-order valence-electron chi connectivity index (χ4n) is 2.11. The van der Waals surface area contributed by atoms with E-state index in [1.54, 1.807) is 7.11 Å². The van der Waals surface area contributed by atoms with Crippen molar-refractivity contribution in [2.45, 2.75) is 46.0 Å². The molecule has 0 aromatic rings. The predicted octanol–water partition coefficient (Wildman–Crippen LogP) is 3.24. The van der Waals surface area contributed by atoms with Crippen LogP contribution in [0.2, 0.25) is 0 Å². The maximum absolute atomic E-state index is 5.16. The minimum atomic E-state index is 0.564. The molecular formula is C11H22O. The molecule has 0 aliphatic heterocycles. The van der Waals surface area contributed by atoms with Gasteiger partial charge < -0.3 is 4.74 Å². The van der Waals surface area contributed by atoms with Crippen LogP contribution in [0.1, 0.15) is 46.0 Å². The van der Waals surface area contributed by atoms with Crippen molar-refractivity contribution >= 4 is 0 Å². The molecule has 0 aromatic carbocycles. The second kappa shape index (κ2) is 4.27. The van der Waals surface area contributed by atoms with Crippen LogP contribution in [0, 0.1) is 11.3 Å². The summed E-state index contributed by atoms with van der Waals surface area (Å²) >= 11 is 0. The Bertz CT molecular complexity index is 129. The van der Waals surface area contributed by atoms with Crippen LogP contribution in [0.5, 0.6) is 0 Å². The zero-order valence-electron chi connectivity index (χ0n) is 8.73. The molecule has 72 valence electrons. The van der Waals surface area contributed by atoms with Crippen LogP contribution in [0.25, 0.3) is 0 Å². The maximum Gasteiger partial charge on any atom is 0.0467 e. The zero-order chi connectivity index (χ0) is 9.03. The molecular weight excluding hydrogens is 148 g/mol. The summed E-state index contributed by atoms with van der Waals surface area (Å²) < 4.78 is 5.16. The van der Waals surface area contributed by atoms with Crippen LogP contribution in [0.4, 0.5) is 0 Å². The van der Waals surface area contributed by atoms with Crippen molar-refractivity contribution in [1.82, 2.24) is 0 Å². The van der Waals surface area contributed by atoms with E-state index in [1.807, 2.05) is 0 Å². The Labute approximate surface area is 76.5 Å². The molecule has 1 unspecified atom stereocenters. The molecule has 1 rings (SSSR count). The molecule has 0 bridgehead atoms. The lowest BCUT2D eigenvalue weighted by molar-refractivity contribution is 0.0532. The molecule has 1 aliphatic rings. The number of rotatable bonds is 5. The lowest BCUT2D eigenvalue weighted by atomic mass is 9.63. The quantitative estimate of drug-likeness (QED) is 0.615. The Morgan fingerprint density at radius 2 is 2.08 bits per heavy atom. The molecule has 12 heavy (non-hydrogen) atoms. The van der Waals surface area contributed by atoms with Gasteiger partial charge >= 0.3 is 0 Å². The molecule has 0 radical (unpaired) electrons. The molecule has 0 spiro atoms. The van der Waals surface area contributed by atoms with Gasteiger partial charge in [-0.2, -0.15) is 0 Å². The highest BCUT2D eigenvalue weighted by molar-refractivity contribution is 4.86. The van der Waals surface area contributed by atoms with Gasteiger partial charge in [0.2, 0.25) is 0 Å². The fourth-order valence-corrected chi connectivity index (χ4v) is 2.11. The van der Waals surface area contributed by atoms with Gasteiger partial charge in [-0.15, -0.1) is 0 Å². The molecule has 1 fully saturated rings.